The van der Waals surface area contributed by atoms with Gasteiger partial charge >= 0.3 is 18.3 Å². The summed E-state index contributed by atoms with van der Waals surface area (Å²) in [5.74, 6) is -2.27. The van der Waals surface area contributed by atoms with Gasteiger partial charge in [-0.3, -0.25) is 9.52 Å². The van der Waals surface area contributed by atoms with E-state index in [1.54, 1.807) is 59.5 Å². The number of aromatic nitrogens is 2. The first-order valence-electron chi connectivity index (χ1n) is 17.8. The summed E-state index contributed by atoms with van der Waals surface area (Å²) >= 11 is 0. The van der Waals surface area contributed by atoms with Crippen molar-refractivity contribution in [2.45, 2.75) is 63.2 Å². The molecule has 2 aliphatic rings. The number of alkyl halides is 6. The van der Waals surface area contributed by atoms with E-state index in [-0.39, 0.29) is 35.2 Å². The zero-order valence-corrected chi connectivity index (χ0v) is 31.6. The molecule has 308 valence electrons. The number of carbonyl (C=O) groups excluding carboxylic acids is 1. The van der Waals surface area contributed by atoms with Crippen LogP contribution in [0, 0.1) is 0 Å². The molecule has 2 fully saturated rings. The van der Waals surface area contributed by atoms with Crippen LogP contribution in [0.3, 0.4) is 0 Å². The SMILES string of the molecule is CC.O=C(O)C(F)(F)F.O=C(c1ccc(OC2CCNC2)c(NS(=O)(=O)Cc2ccccc2)c1)N1CCC(c2ccc(Oc3ccc(C(F)(F)F)nn3)cc2)CC1. The first kappa shape index (κ1) is 44.3. The molecule has 0 spiro atoms. The predicted molar refractivity (Wildman–Crippen MR) is 198 cm³/mol. The van der Waals surface area contributed by atoms with Gasteiger partial charge in [-0.05, 0) is 79.3 Å². The molecule has 0 bridgehead atoms. The molecule has 1 unspecified atom stereocenters. The van der Waals surface area contributed by atoms with E-state index >= 15 is 0 Å². The van der Waals surface area contributed by atoms with Crippen molar-refractivity contribution in [3.8, 4) is 17.4 Å². The first-order chi connectivity index (χ1) is 27.0. The van der Waals surface area contributed by atoms with Crippen molar-refractivity contribution in [3.05, 3.63) is 107 Å². The van der Waals surface area contributed by atoms with E-state index in [4.69, 9.17) is 19.4 Å². The number of halogens is 6. The van der Waals surface area contributed by atoms with Crippen LogP contribution >= 0.6 is 0 Å². The number of aliphatic carboxylic acids is 1. The number of benzene rings is 3. The van der Waals surface area contributed by atoms with Crippen LogP contribution < -0.4 is 19.5 Å². The van der Waals surface area contributed by atoms with E-state index in [2.05, 4.69) is 20.2 Å². The van der Waals surface area contributed by atoms with E-state index in [0.717, 1.165) is 30.7 Å². The van der Waals surface area contributed by atoms with Crippen molar-refractivity contribution in [3.63, 3.8) is 0 Å². The minimum Gasteiger partial charge on any atom is -0.487 e. The van der Waals surface area contributed by atoms with Gasteiger partial charge in [0.15, 0.2) is 5.69 Å². The average molecular weight is 826 g/mol. The van der Waals surface area contributed by atoms with Crippen LogP contribution in [-0.2, 0) is 26.7 Å². The summed E-state index contributed by atoms with van der Waals surface area (Å²) in [5, 5.41) is 17.0. The fraction of sp³-hybridized carbons (Fsp3) is 0.368. The highest BCUT2D eigenvalue weighted by Gasteiger charge is 2.38. The van der Waals surface area contributed by atoms with Crippen molar-refractivity contribution in [1.82, 2.24) is 20.4 Å². The molecule has 0 radical (unpaired) electrons. The summed E-state index contributed by atoms with van der Waals surface area (Å²) in [6.07, 6.45) is -7.56. The molecule has 4 aromatic rings. The smallest absolute Gasteiger partial charge is 0.487 e. The number of likely N-dealkylation sites (tertiary alicyclic amines) is 1. The Balaban J connectivity index is 0.000000723. The van der Waals surface area contributed by atoms with E-state index in [1.165, 1.54) is 0 Å². The molecule has 3 aromatic carbocycles. The lowest BCUT2D eigenvalue weighted by molar-refractivity contribution is -0.192. The molecule has 3 N–H and O–H groups in total. The van der Waals surface area contributed by atoms with Crippen molar-refractivity contribution in [1.29, 1.82) is 0 Å². The number of carbonyl (C=O) groups is 2. The number of anilines is 1. The Morgan fingerprint density at radius 2 is 1.54 bits per heavy atom. The van der Waals surface area contributed by atoms with Gasteiger partial charge in [0, 0.05) is 31.3 Å². The monoisotopic (exact) mass is 825 g/mol. The van der Waals surface area contributed by atoms with Crippen molar-refractivity contribution in [2.24, 2.45) is 0 Å². The molecule has 0 saturated carbocycles. The molecule has 1 atom stereocenters. The number of carboxylic acid groups (broad SMARTS) is 1. The summed E-state index contributed by atoms with van der Waals surface area (Å²) in [6.45, 7) is 6.46. The largest absolute Gasteiger partial charge is 0.490 e. The standard InChI is InChI=1S/C34H34F3N5O5S.C2HF3O2.C2H6/c35-34(36,37)31-12-13-32(40-39-31)47-27-9-6-24(7-10-27)25-15-18-42(19-16-25)33(43)26-8-11-30(46-28-14-17-38-21-28)29(20-26)41-48(44,45)22-23-4-2-1-3-5-23;3-2(4,5)1(6)7;1-2/h1-13,20,25,28,38,41H,14-19,21-22H2;(H,6,7);1-2H3. The van der Waals surface area contributed by atoms with Crippen molar-refractivity contribution in [2.75, 3.05) is 30.9 Å². The minimum absolute atomic E-state index is 0.0511. The zero-order valence-electron chi connectivity index (χ0n) is 30.8. The van der Waals surface area contributed by atoms with Gasteiger partial charge in [0.25, 0.3) is 5.91 Å². The number of ether oxygens (including phenoxy) is 2. The molecule has 2 aliphatic heterocycles. The number of rotatable bonds is 10. The van der Waals surface area contributed by atoms with Gasteiger partial charge in [-0.15, -0.1) is 10.2 Å². The third-order valence-electron chi connectivity index (χ3n) is 8.53. The molecule has 12 nitrogen and oxygen atoms in total. The second kappa shape index (κ2) is 19.6. The molecular formula is C38H41F6N5O7S. The van der Waals surface area contributed by atoms with E-state index < -0.39 is 34.0 Å². The number of amides is 1. The summed E-state index contributed by atoms with van der Waals surface area (Å²) < 4.78 is 111. The van der Waals surface area contributed by atoms with Gasteiger partial charge in [-0.1, -0.05) is 56.3 Å². The fourth-order valence-corrected chi connectivity index (χ4v) is 7.00. The zero-order chi connectivity index (χ0) is 41.8. The number of carboxylic acids is 1. The van der Waals surface area contributed by atoms with Crippen LogP contribution in [0.15, 0.2) is 84.9 Å². The number of nitrogens with one attached hydrogen (secondary N) is 2. The van der Waals surface area contributed by atoms with Crippen LogP contribution in [0.4, 0.5) is 32.0 Å². The summed E-state index contributed by atoms with van der Waals surface area (Å²) in [7, 11) is -3.80. The second-order valence-electron chi connectivity index (χ2n) is 12.6. The summed E-state index contributed by atoms with van der Waals surface area (Å²) in [5.41, 5.74) is 1.17. The van der Waals surface area contributed by atoms with Gasteiger partial charge in [0.1, 0.15) is 17.6 Å². The maximum atomic E-state index is 13.6. The minimum atomic E-state index is -5.08. The van der Waals surface area contributed by atoms with Gasteiger partial charge in [0.2, 0.25) is 15.9 Å². The van der Waals surface area contributed by atoms with Gasteiger partial charge in [-0.2, -0.15) is 26.3 Å². The normalized spacial score (nSPS) is 16.0. The summed E-state index contributed by atoms with van der Waals surface area (Å²) in [4.78, 5) is 24.3. The highest BCUT2D eigenvalue weighted by atomic mass is 32.2. The quantitative estimate of drug-likeness (QED) is 0.136. The molecule has 6 rings (SSSR count). The lowest BCUT2D eigenvalue weighted by atomic mass is 9.89. The maximum absolute atomic E-state index is 13.6. The van der Waals surface area contributed by atoms with Crippen molar-refractivity contribution < 1.29 is 58.9 Å². The molecule has 57 heavy (non-hydrogen) atoms. The number of nitrogens with zero attached hydrogens (tertiary/aromatic N) is 3. The highest BCUT2D eigenvalue weighted by molar-refractivity contribution is 7.91. The van der Waals surface area contributed by atoms with Gasteiger partial charge in [0.05, 0.1) is 11.4 Å². The lowest BCUT2D eigenvalue weighted by Gasteiger charge is -2.32. The molecule has 2 saturated heterocycles. The Morgan fingerprint density at radius 1 is 0.895 bits per heavy atom. The molecule has 1 aromatic heterocycles. The third kappa shape index (κ3) is 13.3. The predicted octanol–water partition coefficient (Wildman–Crippen LogP) is 7.65. The second-order valence-corrected chi connectivity index (χ2v) is 14.3. The molecule has 1 amide bonds. The molecule has 19 heteroatoms. The molecule has 3 heterocycles. The van der Waals surface area contributed by atoms with Crippen LogP contribution in [-0.4, -0.2) is 79.0 Å². The Labute approximate surface area is 325 Å². The fourth-order valence-electron chi connectivity index (χ4n) is 5.80. The Bertz CT molecular complexity index is 2020. The van der Waals surface area contributed by atoms with Crippen LogP contribution in [0.25, 0.3) is 0 Å². The molecular weight excluding hydrogens is 785 g/mol. The number of hydrogen-bond donors (Lipinski definition) is 3. The van der Waals surface area contributed by atoms with Crippen LogP contribution in [0.1, 0.15) is 66.2 Å². The first-order valence-corrected chi connectivity index (χ1v) is 19.5. The maximum Gasteiger partial charge on any atom is 0.490 e. The van der Waals surface area contributed by atoms with Crippen molar-refractivity contribution >= 4 is 27.6 Å². The number of hydrogen-bond acceptors (Lipinski definition) is 9. The van der Waals surface area contributed by atoms with E-state index in [0.29, 0.717) is 55.1 Å². The average Bonchev–Trinajstić information content (AvgIpc) is 3.69. The Hall–Kier alpha value is -5.43. The topological polar surface area (TPSA) is 160 Å². The Morgan fingerprint density at radius 3 is 2.09 bits per heavy atom. The summed E-state index contributed by atoms with van der Waals surface area (Å²) in [6, 6.07) is 22.9. The molecule has 0 aliphatic carbocycles. The van der Waals surface area contributed by atoms with E-state index in [1.807, 2.05) is 32.0 Å². The van der Waals surface area contributed by atoms with Gasteiger partial charge in [-0.25, -0.2) is 13.2 Å². The van der Waals surface area contributed by atoms with E-state index in [9.17, 15) is 39.6 Å². The highest BCUT2D eigenvalue weighted by Crippen LogP contribution is 2.34. The lowest BCUT2D eigenvalue weighted by Crippen LogP contribution is -2.38. The Kier molecular flexibility index (Phi) is 15.2. The van der Waals surface area contributed by atoms with Crippen LogP contribution in [0.5, 0.6) is 17.4 Å². The number of piperidine rings is 1. The van der Waals surface area contributed by atoms with Crippen LogP contribution in [0.2, 0.25) is 0 Å². The third-order valence-corrected chi connectivity index (χ3v) is 9.77. The van der Waals surface area contributed by atoms with Gasteiger partial charge < -0.3 is 24.8 Å². The number of sulfonamides is 1.